The molecule has 0 saturated heterocycles. The number of nitro benzene ring substituents is 1. The number of amides is 1. The van der Waals surface area contributed by atoms with Gasteiger partial charge in [0.15, 0.2) is 6.61 Å². The van der Waals surface area contributed by atoms with Crippen LogP contribution >= 0.6 is 11.6 Å². The zero-order chi connectivity index (χ0) is 17.9. The summed E-state index contributed by atoms with van der Waals surface area (Å²) in [5.41, 5.74) is 2.76. The van der Waals surface area contributed by atoms with E-state index in [1.165, 1.54) is 12.1 Å². The fraction of sp³-hybridized carbons (Fsp3) is 0.235. The molecule has 1 amide bonds. The summed E-state index contributed by atoms with van der Waals surface area (Å²) in [7, 11) is 0. The van der Waals surface area contributed by atoms with E-state index in [1.54, 1.807) is 25.1 Å². The molecule has 2 aromatic carbocycles. The first-order valence-corrected chi connectivity index (χ1v) is 7.60. The van der Waals surface area contributed by atoms with E-state index in [1.807, 2.05) is 13.8 Å². The molecule has 0 saturated carbocycles. The maximum Gasteiger partial charge on any atom is 0.271 e. The van der Waals surface area contributed by atoms with Crippen molar-refractivity contribution in [2.75, 3.05) is 11.9 Å². The van der Waals surface area contributed by atoms with Gasteiger partial charge in [-0.05, 0) is 49.6 Å². The van der Waals surface area contributed by atoms with Crippen LogP contribution in [-0.2, 0) is 4.79 Å². The third kappa shape index (κ3) is 4.23. The summed E-state index contributed by atoms with van der Waals surface area (Å²) in [5, 5.41) is 14.1. The number of rotatable bonds is 5. The summed E-state index contributed by atoms with van der Waals surface area (Å²) in [5.74, 6) is 0.143. The number of carbonyl (C=O) groups excluding carboxylic acids is 1. The van der Waals surface area contributed by atoms with Gasteiger partial charge in [0.2, 0.25) is 0 Å². The molecule has 0 aliphatic heterocycles. The second kappa shape index (κ2) is 7.31. The molecule has 0 unspecified atom stereocenters. The Morgan fingerprint density at radius 3 is 2.38 bits per heavy atom. The van der Waals surface area contributed by atoms with Crippen molar-refractivity contribution in [3.63, 3.8) is 0 Å². The van der Waals surface area contributed by atoms with Crippen LogP contribution in [-0.4, -0.2) is 17.4 Å². The molecule has 6 nitrogen and oxygen atoms in total. The Labute approximate surface area is 144 Å². The Kier molecular flexibility index (Phi) is 5.41. The van der Waals surface area contributed by atoms with Gasteiger partial charge in [-0.1, -0.05) is 17.7 Å². The van der Waals surface area contributed by atoms with E-state index in [9.17, 15) is 14.9 Å². The molecule has 0 atom stereocenters. The molecule has 24 heavy (non-hydrogen) atoms. The number of anilines is 1. The lowest BCUT2D eigenvalue weighted by Gasteiger charge is -2.11. The molecule has 126 valence electrons. The Morgan fingerprint density at radius 2 is 1.79 bits per heavy atom. The second-order valence-electron chi connectivity index (χ2n) is 5.46. The number of nitrogens with zero attached hydrogens (tertiary/aromatic N) is 1. The first-order chi connectivity index (χ1) is 11.3. The summed E-state index contributed by atoms with van der Waals surface area (Å²) in [6, 6.07) is 7.80. The summed E-state index contributed by atoms with van der Waals surface area (Å²) in [6.45, 7) is 5.26. The van der Waals surface area contributed by atoms with Gasteiger partial charge in [-0.25, -0.2) is 0 Å². The zero-order valence-corrected chi connectivity index (χ0v) is 14.3. The number of benzene rings is 2. The molecular formula is C17H17ClN2O4. The van der Waals surface area contributed by atoms with E-state index in [0.717, 1.165) is 16.7 Å². The van der Waals surface area contributed by atoms with Gasteiger partial charge < -0.3 is 10.1 Å². The van der Waals surface area contributed by atoms with Crippen LogP contribution in [0.3, 0.4) is 0 Å². The third-order valence-electron chi connectivity index (χ3n) is 3.49. The van der Waals surface area contributed by atoms with Gasteiger partial charge in [-0.2, -0.15) is 0 Å². The number of hydrogen-bond donors (Lipinski definition) is 1. The quantitative estimate of drug-likeness (QED) is 0.648. The minimum Gasteiger partial charge on any atom is -0.484 e. The zero-order valence-electron chi connectivity index (χ0n) is 13.6. The van der Waals surface area contributed by atoms with Crippen LogP contribution in [0.15, 0.2) is 30.3 Å². The lowest BCUT2D eigenvalue weighted by Crippen LogP contribution is -2.20. The van der Waals surface area contributed by atoms with Gasteiger partial charge in [-0.15, -0.1) is 0 Å². The summed E-state index contributed by atoms with van der Waals surface area (Å²) < 4.78 is 5.47. The summed E-state index contributed by atoms with van der Waals surface area (Å²) in [4.78, 5) is 22.3. The van der Waals surface area contributed by atoms with Crippen LogP contribution in [0, 0.1) is 30.9 Å². The first kappa shape index (κ1) is 17.7. The Morgan fingerprint density at radius 1 is 1.17 bits per heavy atom. The standard InChI is InChI=1S/C17H17ClN2O4/c1-10-4-5-13(20(22)23)8-15(10)19-16(21)9-24-14-6-11(2)17(18)12(3)7-14/h4-8H,9H2,1-3H3,(H,19,21). The SMILES string of the molecule is Cc1ccc([N+](=O)[O-])cc1NC(=O)COc1cc(C)c(Cl)c(C)c1. The third-order valence-corrected chi connectivity index (χ3v) is 4.08. The lowest BCUT2D eigenvalue weighted by molar-refractivity contribution is -0.384. The molecule has 0 bridgehead atoms. The summed E-state index contributed by atoms with van der Waals surface area (Å²) >= 11 is 6.09. The van der Waals surface area contributed by atoms with Crippen LogP contribution in [0.2, 0.25) is 5.02 Å². The van der Waals surface area contributed by atoms with Crippen molar-refractivity contribution in [1.82, 2.24) is 0 Å². The summed E-state index contributed by atoms with van der Waals surface area (Å²) in [6.07, 6.45) is 0. The van der Waals surface area contributed by atoms with Crippen molar-refractivity contribution in [1.29, 1.82) is 0 Å². The second-order valence-corrected chi connectivity index (χ2v) is 5.84. The van der Waals surface area contributed by atoms with Crippen molar-refractivity contribution in [2.45, 2.75) is 20.8 Å². The normalized spacial score (nSPS) is 10.3. The number of non-ortho nitro benzene ring substituents is 1. The van der Waals surface area contributed by atoms with E-state index in [-0.39, 0.29) is 12.3 Å². The minimum atomic E-state index is -0.509. The molecule has 0 aliphatic carbocycles. The van der Waals surface area contributed by atoms with E-state index in [2.05, 4.69) is 5.32 Å². The predicted molar refractivity (Wildman–Crippen MR) is 92.9 cm³/mol. The number of hydrogen-bond acceptors (Lipinski definition) is 4. The molecule has 0 heterocycles. The highest BCUT2D eigenvalue weighted by atomic mass is 35.5. The maximum absolute atomic E-state index is 12.0. The average molecular weight is 349 g/mol. The van der Waals surface area contributed by atoms with Gasteiger partial charge >= 0.3 is 0 Å². The van der Waals surface area contributed by atoms with Crippen LogP contribution in [0.1, 0.15) is 16.7 Å². The van der Waals surface area contributed by atoms with Crippen molar-refractivity contribution in [3.8, 4) is 5.75 Å². The number of halogens is 1. The van der Waals surface area contributed by atoms with Gasteiger partial charge in [0.1, 0.15) is 5.75 Å². The molecule has 2 aromatic rings. The topological polar surface area (TPSA) is 81.5 Å². The monoisotopic (exact) mass is 348 g/mol. The molecular weight excluding hydrogens is 332 g/mol. The number of carbonyl (C=O) groups is 1. The molecule has 0 aromatic heterocycles. The van der Waals surface area contributed by atoms with Crippen LogP contribution < -0.4 is 10.1 Å². The molecule has 2 rings (SSSR count). The molecule has 0 aliphatic rings. The highest BCUT2D eigenvalue weighted by Crippen LogP contribution is 2.26. The van der Waals surface area contributed by atoms with Gasteiger partial charge in [0.05, 0.1) is 10.6 Å². The predicted octanol–water partition coefficient (Wildman–Crippen LogP) is 4.19. The molecule has 0 spiro atoms. The number of ether oxygens (including phenoxy) is 1. The van der Waals surface area contributed by atoms with E-state index in [0.29, 0.717) is 16.5 Å². The van der Waals surface area contributed by atoms with Crippen LogP contribution in [0.4, 0.5) is 11.4 Å². The molecule has 0 fully saturated rings. The Hall–Kier alpha value is -2.60. The fourth-order valence-corrected chi connectivity index (χ4v) is 2.29. The molecule has 1 N–H and O–H groups in total. The molecule has 0 radical (unpaired) electrons. The Balaban J connectivity index is 2.04. The highest BCUT2D eigenvalue weighted by molar-refractivity contribution is 6.32. The smallest absolute Gasteiger partial charge is 0.271 e. The van der Waals surface area contributed by atoms with Crippen LogP contribution in [0.5, 0.6) is 5.75 Å². The number of aryl methyl sites for hydroxylation is 3. The van der Waals surface area contributed by atoms with Gasteiger partial charge in [0.25, 0.3) is 11.6 Å². The minimum absolute atomic E-state index is 0.0826. The van der Waals surface area contributed by atoms with E-state index < -0.39 is 10.8 Å². The van der Waals surface area contributed by atoms with Gasteiger partial charge in [0, 0.05) is 17.2 Å². The van der Waals surface area contributed by atoms with Crippen molar-refractivity contribution >= 4 is 28.9 Å². The number of nitrogens with one attached hydrogen (secondary N) is 1. The van der Waals surface area contributed by atoms with E-state index >= 15 is 0 Å². The average Bonchev–Trinajstić information content (AvgIpc) is 2.52. The van der Waals surface area contributed by atoms with Crippen molar-refractivity contribution in [3.05, 3.63) is 62.2 Å². The van der Waals surface area contributed by atoms with Crippen molar-refractivity contribution in [2.24, 2.45) is 0 Å². The molecule has 7 heteroatoms. The first-order valence-electron chi connectivity index (χ1n) is 7.22. The number of nitro groups is 1. The van der Waals surface area contributed by atoms with Gasteiger partial charge in [-0.3, -0.25) is 14.9 Å². The fourth-order valence-electron chi connectivity index (χ4n) is 2.18. The van der Waals surface area contributed by atoms with Crippen LogP contribution in [0.25, 0.3) is 0 Å². The maximum atomic E-state index is 12.0. The van der Waals surface area contributed by atoms with Crippen molar-refractivity contribution < 1.29 is 14.5 Å². The van der Waals surface area contributed by atoms with E-state index in [4.69, 9.17) is 16.3 Å². The lowest BCUT2D eigenvalue weighted by atomic mass is 10.1. The largest absolute Gasteiger partial charge is 0.484 e. The highest BCUT2D eigenvalue weighted by Gasteiger charge is 2.12. The Bertz CT molecular complexity index is 782.